The molecule has 1 N–H and O–H groups in total. The van der Waals surface area contributed by atoms with Crippen molar-refractivity contribution in [1.82, 2.24) is 10.2 Å². The van der Waals surface area contributed by atoms with E-state index in [1.165, 1.54) is 18.9 Å². The fourth-order valence-corrected chi connectivity index (χ4v) is 1.91. The van der Waals surface area contributed by atoms with Gasteiger partial charge in [0.15, 0.2) is 0 Å². The third-order valence-corrected chi connectivity index (χ3v) is 3.36. The van der Waals surface area contributed by atoms with Crippen molar-refractivity contribution in [3.05, 3.63) is 0 Å². The lowest BCUT2D eigenvalue weighted by atomic mass is 10.2. The van der Waals surface area contributed by atoms with Crippen LogP contribution < -0.4 is 5.32 Å². The van der Waals surface area contributed by atoms with Gasteiger partial charge in [-0.2, -0.15) is 0 Å². The van der Waals surface area contributed by atoms with Crippen LogP contribution in [0.3, 0.4) is 0 Å². The lowest BCUT2D eigenvalue weighted by Crippen LogP contribution is -2.37. The van der Waals surface area contributed by atoms with Gasteiger partial charge in [0.25, 0.3) is 0 Å². The van der Waals surface area contributed by atoms with Crippen molar-refractivity contribution in [2.24, 2.45) is 0 Å². The van der Waals surface area contributed by atoms with Gasteiger partial charge in [0.05, 0.1) is 19.6 Å². The number of carbonyl (C=O) groups excluding carboxylic acids is 4. The maximum absolute atomic E-state index is 12.2. The van der Waals surface area contributed by atoms with E-state index in [-0.39, 0.29) is 56.4 Å². The molecule has 0 spiro atoms. The molecule has 0 bridgehead atoms. The van der Waals surface area contributed by atoms with Gasteiger partial charge in [-0.05, 0) is 13.3 Å². The van der Waals surface area contributed by atoms with Crippen molar-refractivity contribution in [2.45, 2.75) is 46.0 Å². The average Bonchev–Trinajstić information content (AvgIpc) is 2.58. The Morgan fingerprint density at radius 3 is 2.24 bits per heavy atom. The highest BCUT2D eigenvalue weighted by molar-refractivity contribution is 5.84. The first-order chi connectivity index (χ1) is 11.9. The summed E-state index contributed by atoms with van der Waals surface area (Å²) in [5, 5.41) is 2.72. The molecule has 0 rings (SSSR count). The Balaban J connectivity index is 4.24. The minimum atomic E-state index is -0.465. The Morgan fingerprint density at radius 2 is 1.64 bits per heavy atom. The van der Waals surface area contributed by atoms with Gasteiger partial charge >= 0.3 is 5.97 Å². The normalized spacial score (nSPS) is 10.2. The van der Waals surface area contributed by atoms with Crippen LogP contribution in [0.15, 0.2) is 0 Å². The standard InChI is InChI=1S/C17H30N2O6/c1-4-9-18-15(21)6-7-16(22)19(10-12-24-3)11-13-25-17(23)8-5-14(2)20/h4-13H2,1-3H3,(H,18,21). The topological polar surface area (TPSA) is 102 Å². The smallest absolute Gasteiger partial charge is 0.306 e. The highest BCUT2D eigenvalue weighted by Gasteiger charge is 2.15. The Morgan fingerprint density at radius 1 is 0.960 bits per heavy atom. The predicted molar refractivity (Wildman–Crippen MR) is 91.9 cm³/mol. The zero-order chi connectivity index (χ0) is 19.1. The SMILES string of the molecule is CCCNC(=O)CCC(=O)N(CCOC)CCOC(=O)CCC(C)=O. The molecule has 0 saturated carbocycles. The van der Waals surface area contributed by atoms with Gasteiger partial charge in [-0.3, -0.25) is 14.4 Å². The Bertz CT molecular complexity index is 439. The average molecular weight is 358 g/mol. The first-order valence-electron chi connectivity index (χ1n) is 8.59. The molecule has 0 aliphatic rings. The van der Waals surface area contributed by atoms with E-state index in [1.54, 1.807) is 0 Å². The lowest BCUT2D eigenvalue weighted by molar-refractivity contribution is -0.146. The van der Waals surface area contributed by atoms with Gasteiger partial charge in [0.2, 0.25) is 11.8 Å². The highest BCUT2D eigenvalue weighted by atomic mass is 16.5. The fourth-order valence-electron chi connectivity index (χ4n) is 1.91. The number of hydrogen-bond donors (Lipinski definition) is 1. The fraction of sp³-hybridized carbons (Fsp3) is 0.765. The molecule has 2 amide bonds. The van der Waals surface area contributed by atoms with Crippen LogP contribution in [0.1, 0.15) is 46.0 Å². The molecule has 8 nitrogen and oxygen atoms in total. The van der Waals surface area contributed by atoms with E-state index >= 15 is 0 Å². The molecule has 0 atom stereocenters. The third kappa shape index (κ3) is 13.1. The van der Waals surface area contributed by atoms with Crippen LogP contribution in [0.25, 0.3) is 0 Å². The number of ether oxygens (including phenoxy) is 2. The minimum absolute atomic E-state index is 0.0406. The van der Waals surface area contributed by atoms with Crippen LogP contribution in [0.5, 0.6) is 0 Å². The number of esters is 1. The molecule has 0 aromatic heterocycles. The Labute approximate surface area is 149 Å². The first kappa shape index (κ1) is 23.0. The molecule has 0 fully saturated rings. The third-order valence-electron chi connectivity index (χ3n) is 3.36. The molecule has 0 aliphatic carbocycles. The van der Waals surface area contributed by atoms with E-state index in [0.717, 1.165) is 6.42 Å². The summed E-state index contributed by atoms with van der Waals surface area (Å²) in [6.07, 6.45) is 1.25. The molecule has 0 aromatic rings. The summed E-state index contributed by atoms with van der Waals surface area (Å²) in [6.45, 7) is 4.95. The number of carbonyl (C=O) groups is 4. The summed E-state index contributed by atoms with van der Waals surface area (Å²) in [6, 6.07) is 0. The highest BCUT2D eigenvalue weighted by Crippen LogP contribution is 2.00. The van der Waals surface area contributed by atoms with E-state index in [2.05, 4.69) is 5.32 Å². The molecule has 25 heavy (non-hydrogen) atoms. The second kappa shape index (κ2) is 14.4. The largest absolute Gasteiger partial charge is 0.464 e. The summed E-state index contributed by atoms with van der Waals surface area (Å²) in [7, 11) is 1.53. The summed E-state index contributed by atoms with van der Waals surface area (Å²) in [5.41, 5.74) is 0. The van der Waals surface area contributed by atoms with E-state index in [0.29, 0.717) is 19.7 Å². The second-order valence-electron chi connectivity index (χ2n) is 5.65. The van der Waals surface area contributed by atoms with E-state index < -0.39 is 5.97 Å². The molecular formula is C17H30N2O6. The first-order valence-corrected chi connectivity index (χ1v) is 8.59. The van der Waals surface area contributed by atoms with Crippen LogP contribution in [-0.2, 0) is 28.7 Å². The van der Waals surface area contributed by atoms with Gasteiger partial charge in [-0.15, -0.1) is 0 Å². The van der Waals surface area contributed by atoms with Gasteiger partial charge in [-0.1, -0.05) is 6.92 Å². The van der Waals surface area contributed by atoms with Crippen molar-refractivity contribution < 1.29 is 28.7 Å². The van der Waals surface area contributed by atoms with Crippen LogP contribution in [0, 0.1) is 0 Å². The number of ketones is 1. The Kier molecular flexibility index (Phi) is 13.3. The quantitative estimate of drug-likeness (QED) is 0.458. The molecule has 144 valence electrons. The molecular weight excluding hydrogens is 328 g/mol. The Hall–Kier alpha value is -1.96. The summed E-state index contributed by atoms with van der Waals surface area (Å²) >= 11 is 0. The monoisotopic (exact) mass is 358 g/mol. The number of Topliss-reactive ketones (excluding diaryl/α,β-unsaturated/α-hetero) is 1. The van der Waals surface area contributed by atoms with Crippen LogP contribution in [0.2, 0.25) is 0 Å². The van der Waals surface area contributed by atoms with Gasteiger partial charge in [0, 0.05) is 39.5 Å². The number of amides is 2. The molecule has 0 aliphatic heterocycles. The van der Waals surface area contributed by atoms with Crippen molar-refractivity contribution in [3.8, 4) is 0 Å². The van der Waals surface area contributed by atoms with Gasteiger partial charge in [-0.25, -0.2) is 0 Å². The molecule has 0 radical (unpaired) electrons. The maximum Gasteiger partial charge on any atom is 0.306 e. The van der Waals surface area contributed by atoms with Crippen LogP contribution in [-0.4, -0.2) is 68.4 Å². The predicted octanol–water partition coefficient (Wildman–Crippen LogP) is 0.680. The number of nitrogens with one attached hydrogen (secondary N) is 1. The zero-order valence-corrected chi connectivity index (χ0v) is 15.5. The second-order valence-corrected chi connectivity index (χ2v) is 5.65. The number of nitrogens with zero attached hydrogens (tertiary/aromatic N) is 1. The zero-order valence-electron chi connectivity index (χ0n) is 15.5. The molecule has 0 unspecified atom stereocenters. The van der Waals surface area contributed by atoms with Crippen molar-refractivity contribution in [3.63, 3.8) is 0 Å². The van der Waals surface area contributed by atoms with Crippen molar-refractivity contribution in [2.75, 3.05) is 40.0 Å². The molecule has 0 heterocycles. The molecule has 0 aromatic carbocycles. The summed E-state index contributed by atoms with van der Waals surface area (Å²) in [5.74, 6) is -0.885. The van der Waals surface area contributed by atoms with Crippen molar-refractivity contribution >= 4 is 23.6 Å². The number of hydrogen-bond acceptors (Lipinski definition) is 6. The maximum atomic E-state index is 12.2. The van der Waals surface area contributed by atoms with E-state index in [4.69, 9.17) is 9.47 Å². The molecule has 8 heteroatoms. The number of rotatable bonds is 14. The van der Waals surface area contributed by atoms with Gasteiger partial charge in [0.1, 0.15) is 12.4 Å². The van der Waals surface area contributed by atoms with E-state index in [1.807, 2.05) is 6.92 Å². The van der Waals surface area contributed by atoms with E-state index in [9.17, 15) is 19.2 Å². The minimum Gasteiger partial charge on any atom is -0.464 e. The lowest BCUT2D eigenvalue weighted by Gasteiger charge is -2.22. The van der Waals surface area contributed by atoms with Gasteiger partial charge < -0.3 is 24.5 Å². The number of methoxy groups -OCH3 is 1. The molecule has 0 saturated heterocycles. The van der Waals surface area contributed by atoms with Crippen LogP contribution in [0.4, 0.5) is 0 Å². The van der Waals surface area contributed by atoms with Crippen molar-refractivity contribution in [1.29, 1.82) is 0 Å². The summed E-state index contributed by atoms with van der Waals surface area (Å²) < 4.78 is 10.0. The summed E-state index contributed by atoms with van der Waals surface area (Å²) in [4.78, 5) is 47.6. The van der Waals surface area contributed by atoms with Crippen LogP contribution >= 0.6 is 0 Å².